The van der Waals surface area contributed by atoms with Crippen LogP contribution in [0.5, 0.6) is 0 Å². The molecule has 1 aliphatic heterocycles. The Morgan fingerprint density at radius 1 is 1.36 bits per heavy atom. The van der Waals surface area contributed by atoms with Gasteiger partial charge in [0.2, 0.25) is 0 Å². The second-order valence-electron chi connectivity index (χ2n) is 5.44. The van der Waals surface area contributed by atoms with E-state index in [9.17, 15) is 0 Å². The minimum absolute atomic E-state index is 0.312. The molecular weight excluding hydrogens is 302 g/mol. The number of hydrogen-bond acceptors (Lipinski definition) is 6. The largest absolute Gasteiger partial charge is 0.383 e. The fourth-order valence-electron chi connectivity index (χ4n) is 2.79. The van der Waals surface area contributed by atoms with Crippen molar-refractivity contribution in [2.24, 2.45) is 7.05 Å². The zero-order valence-corrected chi connectivity index (χ0v) is 13.5. The summed E-state index contributed by atoms with van der Waals surface area (Å²) in [6.45, 7) is 1.96. The number of hydrogen-bond donors (Lipinski definition) is 2. The van der Waals surface area contributed by atoms with Crippen LogP contribution >= 0.6 is 11.6 Å². The molecule has 2 aromatic rings. The molecule has 1 saturated heterocycles. The average molecular weight is 322 g/mol. The van der Waals surface area contributed by atoms with Crippen molar-refractivity contribution in [1.82, 2.24) is 19.7 Å². The van der Waals surface area contributed by atoms with Gasteiger partial charge >= 0.3 is 0 Å². The summed E-state index contributed by atoms with van der Waals surface area (Å²) in [4.78, 5) is 10.6. The van der Waals surface area contributed by atoms with Gasteiger partial charge < -0.3 is 15.5 Å². The van der Waals surface area contributed by atoms with Gasteiger partial charge in [-0.1, -0.05) is 11.6 Å². The van der Waals surface area contributed by atoms with Crippen LogP contribution in [0.1, 0.15) is 12.8 Å². The van der Waals surface area contributed by atoms with Crippen LogP contribution in [0.4, 0.5) is 17.2 Å². The van der Waals surface area contributed by atoms with E-state index >= 15 is 0 Å². The number of piperidine rings is 1. The van der Waals surface area contributed by atoms with E-state index in [0.29, 0.717) is 11.2 Å². The highest BCUT2D eigenvalue weighted by Gasteiger charge is 2.22. The van der Waals surface area contributed by atoms with Gasteiger partial charge in [-0.25, -0.2) is 9.97 Å². The zero-order valence-electron chi connectivity index (χ0n) is 12.8. The summed E-state index contributed by atoms with van der Waals surface area (Å²) in [5, 5.41) is 11.2. The van der Waals surface area contributed by atoms with Gasteiger partial charge in [-0.2, -0.15) is 5.10 Å². The van der Waals surface area contributed by atoms with Gasteiger partial charge in [0.15, 0.2) is 11.0 Å². The highest BCUT2D eigenvalue weighted by atomic mass is 35.5. The highest BCUT2D eigenvalue weighted by Crippen LogP contribution is 2.28. The quantitative estimate of drug-likeness (QED) is 0.839. The number of nitrogens with one attached hydrogen (secondary N) is 2. The third kappa shape index (κ3) is 3.09. The molecule has 0 radical (unpaired) electrons. The molecule has 0 aromatic carbocycles. The smallest absolute Gasteiger partial charge is 0.157 e. The molecule has 2 N–H and O–H groups in total. The first-order chi connectivity index (χ1) is 10.7. The van der Waals surface area contributed by atoms with Gasteiger partial charge in [-0.15, -0.1) is 0 Å². The lowest BCUT2D eigenvalue weighted by atomic mass is 10.1. The number of rotatable bonds is 4. The number of nitrogens with zero attached hydrogens (tertiary/aromatic N) is 5. The fraction of sp³-hybridized carbons (Fsp3) is 0.500. The van der Waals surface area contributed by atoms with Crippen LogP contribution in [-0.4, -0.2) is 45.9 Å². The van der Waals surface area contributed by atoms with Crippen molar-refractivity contribution >= 4 is 28.8 Å². The summed E-state index contributed by atoms with van der Waals surface area (Å²) in [6.07, 6.45) is 7.65. The van der Waals surface area contributed by atoms with Gasteiger partial charge in [-0.05, 0) is 12.8 Å². The van der Waals surface area contributed by atoms with Gasteiger partial charge in [0.1, 0.15) is 12.0 Å². The van der Waals surface area contributed by atoms with Crippen molar-refractivity contribution in [3.8, 4) is 0 Å². The normalized spacial score (nSPS) is 18.3. The molecule has 0 bridgehead atoms. The fourth-order valence-corrected chi connectivity index (χ4v) is 3.02. The second-order valence-corrected chi connectivity index (χ2v) is 5.80. The third-order valence-electron chi connectivity index (χ3n) is 3.87. The van der Waals surface area contributed by atoms with Crippen LogP contribution in [0.2, 0.25) is 5.15 Å². The monoisotopic (exact) mass is 321 g/mol. The van der Waals surface area contributed by atoms with Crippen LogP contribution in [0, 0.1) is 0 Å². The molecule has 3 rings (SSSR count). The maximum absolute atomic E-state index is 6.10. The van der Waals surface area contributed by atoms with Gasteiger partial charge in [0.25, 0.3) is 0 Å². The van der Waals surface area contributed by atoms with Crippen LogP contribution in [0.15, 0.2) is 18.7 Å². The molecule has 0 spiro atoms. The van der Waals surface area contributed by atoms with E-state index in [-0.39, 0.29) is 0 Å². The first-order valence-electron chi connectivity index (χ1n) is 7.35. The van der Waals surface area contributed by atoms with E-state index in [2.05, 4.69) is 30.6 Å². The van der Waals surface area contributed by atoms with Crippen molar-refractivity contribution in [3.05, 3.63) is 23.9 Å². The molecule has 1 fully saturated rings. The minimum atomic E-state index is 0.312. The van der Waals surface area contributed by atoms with E-state index in [1.54, 1.807) is 0 Å². The molecule has 1 aliphatic rings. The number of halogens is 1. The molecule has 3 heterocycles. The minimum Gasteiger partial charge on any atom is -0.383 e. The van der Waals surface area contributed by atoms with Crippen LogP contribution in [-0.2, 0) is 7.05 Å². The lowest BCUT2D eigenvalue weighted by Crippen LogP contribution is -2.42. The molecule has 0 saturated carbocycles. The Morgan fingerprint density at radius 3 is 2.95 bits per heavy atom. The van der Waals surface area contributed by atoms with Crippen molar-refractivity contribution in [2.45, 2.75) is 18.9 Å². The number of aryl methyl sites for hydroxylation is 1. The molecule has 0 amide bonds. The molecule has 7 nitrogen and oxygen atoms in total. The summed E-state index contributed by atoms with van der Waals surface area (Å²) in [7, 11) is 3.75. The van der Waals surface area contributed by atoms with Crippen LogP contribution < -0.4 is 15.5 Å². The highest BCUT2D eigenvalue weighted by molar-refractivity contribution is 6.32. The predicted octanol–water partition coefficient (Wildman–Crippen LogP) is 1.99. The first kappa shape index (κ1) is 14.9. The Morgan fingerprint density at radius 2 is 2.23 bits per heavy atom. The van der Waals surface area contributed by atoms with Crippen molar-refractivity contribution in [1.29, 1.82) is 0 Å². The SMILES string of the molecule is CNc1c(Cl)ncnc1NC1CCCN(c2cnn(C)c2)C1. The number of aromatic nitrogens is 4. The summed E-state index contributed by atoms with van der Waals surface area (Å²) < 4.78 is 1.83. The molecule has 1 atom stereocenters. The molecule has 1 unspecified atom stereocenters. The molecule has 0 aliphatic carbocycles. The van der Waals surface area contributed by atoms with E-state index in [0.717, 1.165) is 43.1 Å². The Labute approximate surface area is 134 Å². The maximum Gasteiger partial charge on any atom is 0.157 e. The molecular formula is C14H20ClN7. The lowest BCUT2D eigenvalue weighted by Gasteiger charge is -2.34. The topological polar surface area (TPSA) is 70.9 Å². The van der Waals surface area contributed by atoms with E-state index in [1.807, 2.05) is 31.2 Å². The maximum atomic E-state index is 6.10. The number of anilines is 3. The second kappa shape index (κ2) is 6.39. The third-order valence-corrected chi connectivity index (χ3v) is 4.16. The molecule has 22 heavy (non-hydrogen) atoms. The van der Waals surface area contributed by atoms with Gasteiger partial charge in [0, 0.05) is 39.4 Å². The lowest BCUT2D eigenvalue weighted by molar-refractivity contribution is 0.529. The van der Waals surface area contributed by atoms with E-state index in [4.69, 9.17) is 11.6 Å². The summed E-state index contributed by atoms with van der Waals surface area (Å²) in [5.74, 6) is 0.750. The summed E-state index contributed by atoms with van der Waals surface area (Å²) in [5.41, 5.74) is 1.89. The van der Waals surface area contributed by atoms with E-state index in [1.165, 1.54) is 6.33 Å². The predicted molar refractivity (Wildman–Crippen MR) is 88.7 cm³/mol. The summed E-state index contributed by atoms with van der Waals surface area (Å²) in [6, 6.07) is 0.312. The average Bonchev–Trinajstić information content (AvgIpc) is 2.94. The van der Waals surface area contributed by atoms with Crippen LogP contribution in [0.3, 0.4) is 0 Å². The van der Waals surface area contributed by atoms with Crippen LogP contribution in [0.25, 0.3) is 0 Å². The molecule has 2 aromatic heterocycles. The molecule has 118 valence electrons. The zero-order chi connectivity index (χ0) is 15.5. The Bertz CT molecular complexity index is 642. The Balaban J connectivity index is 1.72. The standard InChI is InChI=1S/C14H20ClN7/c1-16-12-13(15)17-9-18-14(12)20-10-4-3-5-22(7-10)11-6-19-21(2)8-11/h6,8-10,16H,3-5,7H2,1-2H3,(H,17,18,20). The van der Waals surface area contributed by atoms with Crippen molar-refractivity contribution in [3.63, 3.8) is 0 Å². The van der Waals surface area contributed by atoms with Crippen molar-refractivity contribution < 1.29 is 0 Å². The molecule has 8 heteroatoms. The van der Waals surface area contributed by atoms with Gasteiger partial charge in [0.05, 0.1) is 11.9 Å². The first-order valence-corrected chi connectivity index (χ1v) is 7.73. The van der Waals surface area contributed by atoms with Gasteiger partial charge in [-0.3, -0.25) is 4.68 Å². The summed E-state index contributed by atoms with van der Waals surface area (Å²) >= 11 is 6.10. The Kier molecular flexibility index (Phi) is 4.33. The Hall–Kier alpha value is -2.02. The van der Waals surface area contributed by atoms with E-state index < -0.39 is 0 Å². The van der Waals surface area contributed by atoms with Crippen molar-refractivity contribution in [2.75, 3.05) is 35.7 Å².